The lowest BCUT2D eigenvalue weighted by Gasteiger charge is -2.34. The van der Waals surface area contributed by atoms with Crippen LogP contribution in [-0.2, 0) is 14.8 Å². The summed E-state index contributed by atoms with van der Waals surface area (Å²) in [4.78, 5) is 34.1. The van der Waals surface area contributed by atoms with Crippen molar-refractivity contribution in [2.75, 3.05) is 46.9 Å². The maximum absolute atomic E-state index is 13.7. The maximum atomic E-state index is 13.7. The van der Waals surface area contributed by atoms with E-state index in [1.807, 2.05) is 7.05 Å². The highest BCUT2D eigenvalue weighted by Crippen LogP contribution is 2.35. The summed E-state index contributed by atoms with van der Waals surface area (Å²) in [6.45, 7) is 1.97. The summed E-state index contributed by atoms with van der Waals surface area (Å²) in [7, 11) is -0.912. The van der Waals surface area contributed by atoms with Crippen LogP contribution in [0.25, 0.3) is 11.1 Å². The number of aromatic nitrogens is 1. The number of sulfonamides is 1. The summed E-state index contributed by atoms with van der Waals surface area (Å²) in [5, 5.41) is 2.67. The lowest BCUT2D eigenvalue weighted by atomic mass is 10.1. The molecule has 0 radical (unpaired) electrons. The van der Waals surface area contributed by atoms with E-state index in [1.165, 1.54) is 13.2 Å². The molecule has 202 valence electrons. The summed E-state index contributed by atoms with van der Waals surface area (Å²) < 4.78 is 35.8. The fourth-order valence-electron chi connectivity index (χ4n) is 4.09. The lowest BCUT2D eigenvalue weighted by molar-refractivity contribution is -0.134. The van der Waals surface area contributed by atoms with Crippen LogP contribution < -0.4 is 14.8 Å². The smallest absolute Gasteiger partial charge is 0.261 e. The Bertz CT molecular complexity index is 1390. The maximum Gasteiger partial charge on any atom is 0.261 e. The number of benzene rings is 1. The van der Waals surface area contributed by atoms with Crippen LogP contribution in [0.15, 0.2) is 59.8 Å². The fraction of sp³-hybridized carbons (Fsp3) is 0.320. The van der Waals surface area contributed by atoms with Crippen molar-refractivity contribution < 1.29 is 22.7 Å². The van der Waals surface area contributed by atoms with Crippen molar-refractivity contribution in [3.8, 4) is 16.9 Å². The third-order valence-corrected chi connectivity index (χ3v) is 8.86. The van der Waals surface area contributed by atoms with Crippen LogP contribution >= 0.6 is 22.9 Å². The largest absolute Gasteiger partial charge is 0.495 e. The number of methoxy groups -OCH3 is 1. The SMILES string of the molecule is COc1c(-c2ccncc2)cccc1S(=O)(=O)N[C@@H](CNC(=O)c1ccc(Cl)s1)C(=O)N1CCN(C)CC1. The predicted octanol–water partition coefficient (Wildman–Crippen LogP) is 2.32. The Morgan fingerprint density at radius 2 is 1.82 bits per heavy atom. The number of hydrogen-bond acceptors (Lipinski definition) is 8. The van der Waals surface area contributed by atoms with Gasteiger partial charge in [0.1, 0.15) is 16.7 Å². The van der Waals surface area contributed by atoms with Gasteiger partial charge < -0.3 is 19.9 Å². The number of pyridine rings is 1. The average Bonchev–Trinajstić information content (AvgIpc) is 3.37. The summed E-state index contributed by atoms with van der Waals surface area (Å²) >= 11 is 7.03. The molecule has 3 aromatic rings. The van der Waals surface area contributed by atoms with E-state index in [0.717, 1.165) is 16.9 Å². The van der Waals surface area contributed by atoms with Crippen LogP contribution in [0.5, 0.6) is 5.75 Å². The molecule has 1 aliphatic rings. The second-order valence-electron chi connectivity index (χ2n) is 8.69. The van der Waals surface area contributed by atoms with Crippen molar-refractivity contribution in [1.29, 1.82) is 0 Å². The Balaban J connectivity index is 1.62. The van der Waals surface area contributed by atoms with Gasteiger partial charge in [0.15, 0.2) is 0 Å². The first kappa shape index (κ1) is 28.0. The van der Waals surface area contributed by atoms with Crippen molar-refractivity contribution in [3.05, 3.63) is 64.1 Å². The molecule has 3 heterocycles. The lowest BCUT2D eigenvalue weighted by Crippen LogP contribution is -2.57. The van der Waals surface area contributed by atoms with Crippen LogP contribution in [0, 0.1) is 0 Å². The normalized spacial score (nSPS) is 15.2. The number of rotatable bonds is 9. The summed E-state index contributed by atoms with van der Waals surface area (Å²) in [5.74, 6) is -0.737. The van der Waals surface area contributed by atoms with Crippen LogP contribution in [0.2, 0.25) is 4.34 Å². The van der Waals surface area contributed by atoms with Gasteiger partial charge in [0.2, 0.25) is 15.9 Å². The van der Waals surface area contributed by atoms with E-state index in [9.17, 15) is 18.0 Å². The first-order valence-electron chi connectivity index (χ1n) is 11.8. The number of piperazine rings is 1. The number of carbonyl (C=O) groups excluding carboxylic acids is 2. The third kappa shape index (κ3) is 6.51. The average molecular weight is 578 g/mol. The van der Waals surface area contributed by atoms with Crippen molar-refractivity contribution in [1.82, 2.24) is 24.8 Å². The van der Waals surface area contributed by atoms with Crippen LogP contribution in [0.1, 0.15) is 9.67 Å². The van der Waals surface area contributed by atoms with Gasteiger partial charge in [0.05, 0.1) is 16.3 Å². The monoisotopic (exact) mass is 577 g/mol. The Kier molecular flexibility index (Phi) is 9.00. The van der Waals surface area contributed by atoms with Crippen molar-refractivity contribution in [2.45, 2.75) is 10.9 Å². The molecule has 0 saturated carbocycles. The molecule has 13 heteroatoms. The fourth-order valence-corrected chi connectivity index (χ4v) is 6.43. The van der Waals surface area contributed by atoms with E-state index < -0.39 is 27.9 Å². The van der Waals surface area contributed by atoms with Crippen molar-refractivity contribution in [3.63, 3.8) is 0 Å². The number of carbonyl (C=O) groups is 2. The second kappa shape index (κ2) is 12.2. The Morgan fingerprint density at radius 1 is 1.11 bits per heavy atom. The number of ether oxygens (including phenoxy) is 1. The topological polar surface area (TPSA) is 121 Å². The second-order valence-corrected chi connectivity index (χ2v) is 12.1. The van der Waals surface area contributed by atoms with E-state index in [4.69, 9.17) is 16.3 Å². The minimum Gasteiger partial charge on any atom is -0.495 e. The molecule has 1 aliphatic heterocycles. The summed E-state index contributed by atoms with van der Waals surface area (Å²) in [6.07, 6.45) is 3.20. The van der Waals surface area contributed by atoms with Gasteiger partial charge in [-0.25, -0.2) is 8.42 Å². The molecule has 0 unspecified atom stereocenters. The number of halogens is 1. The van der Waals surface area contributed by atoms with Crippen molar-refractivity contribution in [2.24, 2.45) is 0 Å². The van der Waals surface area contributed by atoms with Crippen LogP contribution in [0.3, 0.4) is 0 Å². The molecule has 38 heavy (non-hydrogen) atoms. The highest BCUT2D eigenvalue weighted by Gasteiger charge is 2.33. The number of amides is 2. The minimum absolute atomic E-state index is 0.123. The molecule has 2 amide bonds. The van der Waals surface area contributed by atoms with E-state index in [-0.39, 0.29) is 17.2 Å². The zero-order valence-electron chi connectivity index (χ0n) is 20.9. The molecule has 0 bridgehead atoms. The van der Waals surface area contributed by atoms with E-state index in [1.54, 1.807) is 53.7 Å². The Labute approximate surface area is 230 Å². The molecule has 1 aromatic carbocycles. The van der Waals surface area contributed by atoms with Crippen LogP contribution in [-0.4, -0.2) is 87.9 Å². The molecule has 2 aromatic heterocycles. The number of nitrogens with one attached hydrogen (secondary N) is 2. The highest BCUT2D eigenvalue weighted by atomic mass is 35.5. The van der Waals surface area contributed by atoms with Gasteiger partial charge in [-0.2, -0.15) is 4.72 Å². The zero-order valence-corrected chi connectivity index (χ0v) is 23.3. The number of thiophene rings is 1. The van der Waals surface area contributed by atoms with Crippen LogP contribution in [0.4, 0.5) is 0 Å². The molecule has 4 rings (SSSR count). The molecule has 1 atom stereocenters. The first-order valence-corrected chi connectivity index (χ1v) is 14.5. The highest BCUT2D eigenvalue weighted by molar-refractivity contribution is 7.89. The predicted molar refractivity (Wildman–Crippen MR) is 146 cm³/mol. The molecular formula is C25H28ClN5O5S2. The van der Waals surface area contributed by atoms with Gasteiger partial charge in [-0.3, -0.25) is 14.6 Å². The number of nitrogens with zero attached hydrogens (tertiary/aromatic N) is 3. The summed E-state index contributed by atoms with van der Waals surface area (Å²) in [6, 6.07) is 10.2. The van der Waals surface area contributed by atoms with Gasteiger partial charge in [0, 0.05) is 50.7 Å². The standard InChI is InChI=1S/C25H28ClN5O5S2/c1-30-12-14-31(15-13-30)25(33)19(16-28-24(32)20-6-7-22(26)37-20)29-38(34,35)21-5-3-4-18(23(21)36-2)17-8-10-27-11-9-17/h3-11,19,29H,12-16H2,1-2H3,(H,28,32)/t19-/m0/s1. The summed E-state index contributed by atoms with van der Waals surface area (Å²) in [5.41, 5.74) is 1.28. The number of hydrogen-bond donors (Lipinski definition) is 2. The third-order valence-electron chi connectivity index (χ3n) is 6.14. The molecular weight excluding hydrogens is 550 g/mol. The quantitative estimate of drug-likeness (QED) is 0.400. The molecule has 0 aliphatic carbocycles. The molecule has 1 saturated heterocycles. The molecule has 1 fully saturated rings. The Morgan fingerprint density at radius 3 is 2.45 bits per heavy atom. The number of likely N-dealkylation sites (N-methyl/N-ethyl adjacent to an activating group) is 1. The van der Waals surface area contributed by atoms with Gasteiger partial charge in [-0.05, 0) is 42.9 Å². The number of para-hydroxylation sites is 1. The first-order chi connectivity index (χ1) is 18.2. The molecule has 2 N–H and O–H groups in total. The van der Waals surface area contributed by atoms with Crippen molar-refractivity contribution >= 4 is 44.8 Å². The van der Waals surface area contributed by atoms with Gasteiger partial charge in [0.25, 0.3) is 5.91 Å². The minimum atomic E-state index is -4.25. The Hall–Kier alpha value is -3.03. The van der Waals surface area contributed by atoms with Gasteiger partial charge in [-0.15, -0.1) is 11.3 Å². The zero-order chi connectivity index (χ0) is 27.3. The van der Waals surface area contributed by atoms with Gasteiger partial charge >= 0.3 is 0 Å². The molecule has 10 nitrogen and oxygen atoms in total. The molecule has 0 spiro atoms. The van der Waals surface area contributed by atoms with Gasteiger partial charge in [-0.1, -0.05) is 23.7 Å². The van der Waals surface area contributed by atoms with E-state index >= 15 is 0 Å². The van der Waals surface area contributed by atoms with E-state index in [0.29, 0.717) is 41.0 Å². The van der Waals surface area contributed by atoms with E-state index in [2.05, 4.69) is 19.9 Å².